The maximum Gasteiger partial charge on any atom is 0.230 e. The van der Waals surface area contributed by atoms with Gasteiger partial charge in [-0.05, 0) is 20.8 Å². The van der Waals surface area contributed by atoms with Crippen molar-refractivity contribution in [2.75, 3.05) is 5.75 Å². The van der Waals surface area contributed by atoms with Crippen molar-refractivity contribution < 1.29 is 9.90 Å². The average Bonchev–Trinajstić information content (AvgIpc) is 2.54. The van der Waals surface area contributed by atoms with Crippen LogP contribution in [0.2, 0.25) is 0 Å². The number of amides is 1. The standard InChI is InChI=1S/C11H19N3O2S/c1-11(2,3)13-9(16)7-17-10-12-5-8(6-15)14(10)4/h5,15H,6-7H2,1-4H3,(H,13,16). The summed E-state index contributed by atoms with van der Waals surface area (Å²) in [6.45, 7) is 5.79. The topological polar surface area (TPSA) is 67.1 Å². The monoisotopic (exact) mass is 257 g/mol. The number of hydrogen-bond acceptors (Lipinski definition) is 4. The molecule has 1 aromatic rings. The molecule has 0 aliphatic rings. The maximum atomic E-state index is 11.6. The van der Waals surface area contributed by atoms with Crippen LogP contribution in [-0.4, -0.2) is 31.9 Å². The Morgan fingerprint density at radius 1 is 1.59 bits per heavy atom. The molecule has 0 aliphatic carbocycles. The van der Waals surface area contributed by atoms with E-state index in [0.717, 1.165) is 10.9 Å². The Morgan fingerprint density at radius 2 is 2.24 bits per heavy atom. The molecule has 0 atom stereocenters. The largest absolute Gasteiger partial charge is 0.390 e. The van der Waals surface area contributed by atoms with Gasteiger partial charge in [0.15, 0.2) is 5.16 Å². The highest BCUT2D eigenvalue weighted by atomic mass is 32.2. The second kappa shape index (κ2) is 5.55. The van der Waals surface area contributed by atoms with Gasteiger partial charge in [-0.1, -0.05) is 11.8 Å². The van der Waals surface area contributed by atoms with Crippen molar-refractivity contribution in [3.05, 3.63) is 11.9 Å². The third-order valence-electron chi connectivity index (χ3n) is 2.05. The highest BCUT2D eigenvalue weighted by Gasteiger charge is 2.15. The quantitative estimate of drug-likeness (QED) is 0.787. The Kier molecular flexibility index (Phi) is 4.59. The molecule has 0 bridgehead atoms. The molecule has 0 spiro atoms. The molecule has 5 nitrogen and oxygen atoms in total. The first kappa shape index (κ1) is 14.1. The Balaban J connectivity index is 2.50. The van der Waals surface area contributed by atoms with Crippen molar-refractivity contribution in [1.29, 1.82) is 0 Å². The first-order valence-corrected chi connectivity index (χ1v) is 6.37. The molecule has 17 heavy (non-hydrogen) atoms. The molecular weight excluding hydrogens is 238 g/mol. The Morgan fingerprint density at radius 3 is 2.71 bits per heavy atom. The van der Waals surface area contributed by atoms with E-state index in [-0.39, 0.29) is 18.1 Å². The van der Waals surface area contributed by atoms with Gasteiger partial charge in [0, 0.05) is 12.6 Å². The van der Waals surface area contributed by atoms with E-state index in [1.54, 1.807) is 10.8 Å². The lowest BCUT2D eigenvalue weighted by atomic mass is 10.1. The fourth-order valence-corrected chi connectivity index (χ4v) is 2.06. The summed E-state index contributed by atoms with van der Waals surface area (Å²) in [5, 5.41) is 12.6. The molecule has 2 N–H and O–H groups in total. The zero-order valence-electron chi connectivity index (χ0n) is 10.6. The zero-order valence-corrected chi connectivity index (χ0v) is 11.5. The van der Waals surface area contributed by atoms with Gasteiger partial charge in [0.2, 0.25) is 5.91 Å². The van der Waals surface area contributed by atoms with E-state index in [0.29, 0.717) is 5.75 Å². The van der Waals surface area contributed by atoms with Crippen LogP contribution in [0.25, 0.3) is 0 Å². The van der Waals surface area contributed by atoms with Gasteiger partial charge in [-0.25, -0.2) is 4.98 Å². The lowest BCUT2D eigenvalue weighted by Gasteiger charge is -2.20. The summed E-state index contributed by atoms with van der Waals surface area (Å²) in [5.41, 5.74) is 0.527. The van der Waals surface area contributed by atoms with Crippen molar-refractivity contribution in [3.63, 3.8) is 0 Å². The van der Waals surface area contributed by atoms with Gasteiger partial charge in [0.1, 0.15) is 0 Å². The van der Waals surface area contributed by atoms with E-state index in [9.17, 15) is 4.79 Å². The first-order valence-electron chi connectivity index (χ1n) is 5.39. The Hall–Kier alpha value is -1.01. The zero-order chi connectivity index (χ0) is 13.1. The summed E-state index contributed by atoms with van der Waals surface area (Å²) in [6.07, 6.45) is 1.62. The molecule has 0 fully saturated rings. The number of nitrogens with zero attached hydrogens (tertiary/aromatic N) is 2. The van der Waals surface area contributed by atoms with Gasteiger partial charge < -0.3 is 15.0 Å². The molecule has 0 aromatic carbocycles. The van der Waals surface area contributed by atoms with Crippen molar-refractivity contribution in [1.82, 2.24) is 14.9 Å². The molecule has 1 amide bonds. The van der Waals surface area contributed by atoms with Crippen molar-refractivity contribution in [2.45, 2.75) is 38.1 Å². The summed E-state index contributed by atoms with van der Waals surface area (Å²) in [6, 6.07) is 0. The summed E-state index contributed by atoms with van der Waals surface area (Å²) in [7, 11) is 1.82. The summed E-state index contributed by atoms with van der Waals surface area (Å²) in [4.78, 5) is 15.7. The number of aliphatic hydroxyl groups excluding tert-OH is 1. The van der Waals surface area contributed by atoms with Crippen molar-refractivity contribution in [2.24, 2.45) is 7.05 Å². The SMILES string of the molecule is Cn1c(CO)cnc1SCC(=O)NC(C)(C)C. The molecule has 0 saturated heterocycles. The van der Waals surface area contributed by atoms with Crippen LogP contribution in [-0.2, 0) is 18.4 Å². The van der Waals surface area contributed by atoms with Gasteiger partial charge in [-0.3, -0.25) is 4.79 Å². The van der Waals surface area contributed by atoms with Crippen molar-refractivity contribution in [3.8, 4) is 0 Å². The average molecular weight is 257 g/mol. The van der Waals surface area contributed by atoms with E-state index < -0.39 is 0 Å². The minimum Gasteiger partial charge on any atom is -0.390 e. The number of carbonyl (C=O) groups is 1. The van der Waals surface area contributed by atoms with E-state index >= 15 is 0 Å². The van der Waals surface area contributed by atoms with Crippen LogP contribution in [0.5, 0.6) is 0 Å². The number of hydrogen-bond donors (Lipinski definition) is 2. The van der Waals surface area contributed by atoms with Crippen LogP contribution in [0, 0.1) is 0 Å². The molecule has 0 saturated carbocycles. The number of rotatable bonds is 4. The van der Waals surface area contributed by atoms with Crippen LogP contribution in [0.4, 0.5) is 0 Å². The van der Waals surface area contributed by atoms with Crippen LogP contribution < -0.4 is 5.32 Å². The molecule has 0 aliphatic heterocycles. The molecular formula is C11H19N3O2S. The molecule has 0 unspecified atom stereocenters. The number of nitrogens with one attached hydrogen (secondary N) is 1. The van der Waals surface area contributed by atoms with E-state index in [4.69, 9.17) is 5.11 Å². The van der Waals surface area contributed by atoms with E-state index in [1.165, 1.54) is 11.8 Å². The number of aliphatic hydroxyl groups is 1. The van der Waals surface area contributed by atoms with E-state index in [1.807, 2.05) is 27.8 Å². The molecule has 96 valence electrons. The lowest BCUT2D eigenvalue weighted by Crippen LogP contribution is -2.41. The summed E-state index contributed by atoms with van der Waals surface area (Å²) < 4.78 is 1.79. The minimum atomic E-state index is -0.213. The third kappa shape index (κ3) is 4.40. The number of thioether (sulfide) groups is 1. The Bertz CT molecular complexity index is 396. The van der Waals surface area contributed by atoms with Crippen LogP contribution in [0.3, 0.4) is 0 Å². The van der Waals surface area contributed by atoms with Crippen LogP contribution in [0.1, 0.15) is 26.5 Å². The fraction of sp³-hybridized carbons (Fsp3) is 0.636. The highest BCUT2D eigenvalue weighted by molar-refractivity contribution is 7.99. The predicted octanol–water partition coefficient (Wildman–Crippen LogP) is 0.919. The lowest BCUT2D eigenvalue weighted by molar-refractivity contribution is -0.119. The fourth-order valence-electron chi connectivity index (χ4n) is 1.29. The van der Waals surface area contributed by atoms with Gasteiger partial charge in [0.25, 0.3) is 0 Å². The maximum absolute atomic E-state index is 11.6. The van der Waals surface area contributed by atoms with Crippen LogP contribution in [0.15, 0.2) is 11.4 Å². The number of aromatic nitrogens is 2. The Labute approximate surface area is 106 Å². The highest BCUT2D eigenvalue weighted by Crippen LogP contribution is 2.17. The molecule has 6 heteroatoms. The second-order valence-electron chi connectivity index (χ2n) is 4.84. The first-order chi connectivity index (χ1) is 7.83. The van der Waals surface area contributed by atoms with E-state index in [2.05, 4.69) is 10.3 Å². The number of carbonyl (C=O) groups excluding carboxylic acids is 1. The normalized spacial score (nSPS) is 11.6. The van der Waals surface area contributed by atoms with Gasteiger partial charge >= 0.3 is 0 Å². The summed E-state index contributed by atoms with van der Waals surface area (Å²) >= 11 is 1.36. The van der Waals surface area contributed by atoms with Gasteiger partial charge in [-0.2, -0.15) is 0 Å². The van der Waals surface area contributed by atoms with Crippen molar-refractivity contribution >= 4 is 17.7 Å². The van der Waals surface area contributed by atoms with Gasteiger partial charge in [0.05, 0.1) is 24.3 Å². The molecule has 1 heterocycles. The molecule has 1 aromatic heterocycles. The molecule has 0 radical (unpaired) electrons. The predicted molar refractivity (Wildman–Crippen MR) is 67.8 cm³/mol. The molecule has 1 rings (SSSR count). The number of imidazole rings is 1. The second-order valence-corrected chi connectivity index (χ2v) is 5.78. The smallest absolute Gasteiger partial charge is 0.230 e. The third-order valence-corrected chi connectivity index (χ3v) is 3.09. The minimum absolute atomic E-state index is 0.0175. The van der Waals surface area contributed by atoms with Crippen LogP contribution >= 0.6 is 11.8 Å². The van der Waals surface area contributed by atoms with Gasteiger partial charge in [-0.15, -0.1) is 0 Å². The summed E-state index contributed by atoms with van der Waals surface area (Å²) in [5.74, 6) is 0.309.